The second kappa shape index (κ2) is 6.86. The first-order valence-corrected chi connectivity index (χ1v) is 9.54. The highest BCUT2D eigenvalue weighted by Gasteiger charge is 2.29. The zero-order valence-corrected chi connectivity index (χ0v) is 14.8. The summed E-state index contributed by atoms with van der Waals surface area (Å²) in [5.74, 6) is 1.03. The maximum Gasteiger partial charge on any atom is 0.243 e. The minimum absolute atomic E-state index is 0.358. The van der Waals surface area contributed by atoms with Crippen LogP contribution in [-0.4, -0.2) is 48.9 Å². The van der Waals surface area contributed by atoms with Gasteiger partial charge in [0.1, 0.15) is 0 Å². The number of anilines is 1. The molecule has 0 aliphatic carbocycles. The minimum atomic E-state index is -3.44. The Hall–Kier alpha value is -1.99. The third-order valence-corrected chi connectivity index (χ3v) is 6.17. The largest absolute Gasteiger partial charge is 0.338 e. The Morgan fingerprint density at radius 2 is 1.54 bits per heavy atom. The van der Waals surface area contributed by atoms with Gasteiger partial charge in [-0.15, -0.1) is 0 Å². The van der Waals surface area contributed by atoms with Gasteiger partial charge >= 0.3 is 0 Å². The molecule has 0 unspecified atom stereocenters. The zero-order valence-electron chi connectivity index (χ0n) is 14.0. The van der Waals surface area contributed by atoms with E-state index < -0.39 is 10.0 Å². The number of rotatable bonds is 4. The van der Waals surface area contributed by atoms with E-state index in [1.807, 2.05) is 17.0 Å². The molecule has 6 nitrogen and oxygen atoms in total. The van der Waals surface area contributed by atoms with Crippen LogP contribution in [0.5, 0.6) is 0 Å². The van der Waals surface area contributed by atoms with Gasteiger partial charge in [0, 0.05) is 38.6 Å². The van der Waals surface area contributed by atoms with Crippen LogP contribution < -0.4 is 4.90 Å². The van der Waals surface area contributed by atoms with E-state index in [2.05, 4.69) is 23.8 Å². The molecule has 3 rings (SSSR count). The van der Waals surface area contributed by atoms with E-state index in [0.29, 0.717) is 42.9 Å². The highest BCUT2D eigenvalue weighted by Crippen LogP contribution is 2.22. The molecule has 1 aromatic carbocycles. The van der Waals surface area contributed by atoms with Gasteiger partial charge in [-0.3, -0.25) is 0 Å². The van der Waals surface area contributed by atoms with E-state index in [1.165, 1.54) is 4.31 Å². The molecule has 0 saturated carbocycles. The Labute approximate surface area is 143 Å². The van der Waals surface area contributed by atoms with Gasteiger partial charge in [-0.2, -0.15) is 4.31 Å². The van der Waals surface area contributed by atoms with Crippen molar-refractivity contribution in [3.8, 4) is 0 Å². The molecule has 1 aliphatic heterocycles. The van der Waals surface area contributed by atoms with E-state index in [0.717, 1.165) is 5.56 Å². The Morgan fingerprint density at radius 1 is 0.958 bits per heavy atom. The van der Waals surface area contributed by atoms with Crippen LogP contribution in [0.3, 0.4) is 0 Å². The Morgan fingerprint density at radius 3 is 2.08 bits per heavy atom. The molecule has 1 saturated heterocycles. The first kappa shape index (κ1) is 16.9. The molecule has 1 aliphatic rings. The third-order valence-electron chi connectivity index (χ3n) is 4.26. The molecule has 0 spiro atoms. The van der Waals surface area contributed by atoms with Gasteiger partial charge in [-0.05, 0) is 29.7 Å². The second-order valence-electron chi connectivity index (χ2n) is 6.16. The van der Waals surface area contributed by atoms with Crippen LogP contribution in [0.2, 0.25) is 0 Å². The smallest absolute Gasteiger partial charge is 0.243 e. The van der Waals surface area contributed by atoms with Crippen LogP contribution in [0.1, 0.15) is 25.3 Å². The molecule has 24 heavy (non-hydrogen) atoms. The van der Waals surface area contributed by atoms with Gasteiger partial charge in [0.15, 0.2) is 0 Å². The van der Waals surface area contributed by atoms with Gasteiger partial charge in [0.2, 0.25) is 16.0 Å². The molecule has 128 valence electrons. The number of aromatic nitrogens is 2. The van der Waals surface area contributed by atoms with Crippen molar-refractivity contribution in [3.63, 3.8) is 0 Å². The average molecular weight is 346 g/mol. The van der Waals surface area contributed by atoms with Gasteiger partial charge in [0.25, 0.3) is 0 Å². The van der Waals surface area contributed by atoms with Crippen LogP contribution in [0, 0.1) is 0 Å². The predicted molar refractivity (Wildman–Crippen MR) is 93.5 cm³/mol. The summed E-state index contributed by atoms with van der Waals surface area (Å²) in [6, 6.07) is 8.97. The maximum atomic E-state index is 12.8. The van der Waals surface area contributed by atoms with Crippen molar-refractivity contribution >= 4 is 16.0 Å². The Bertz CT molecular complexity index is 768. The van der Waals surface area contributed by atoms with Crippen molar-refractivity contribution in [1.29, 1.82) is 0 Å². The first-order chi connectivity index (χ1) is 11.5. The van der Waals surface area contributed by atoms with Crippen molar-refractivity contribution in [1.82, 2.24) is 14.3 Å². The molecular weight excluding hydrogens is 324 g/mol. The van der Waals surface area contributed by atoms with Gasteiger partial charge in [-0.25, -0.2) is 18.4 Å². The fraction of sp³-hybridized carbons (Fsp3) is 0.412. The van der Waals surface area contributed by atoms with Crippen molar-refractivity contribution in [3.05, 3.63) is 48.3 Å². The Kier molecular flexibility index (Phi) is 4.82. The quantitative estimate of drug-likeness (QED) is 0.848. The van der Waals surface area contributed by atoms with Crippen molar-refractivity contribution in [2.75, 3.05) is 31.1 Å². The van der Waals surface area contributed by atoms with Crippen molar-refractivity contribution < 1.29 is 8.42 Å². The molecule has 7 heteroatoms. The number of benzene rings is 1. The summed E-state index contributed by atoms with van der Waals surface area (Å²) < 4.78 is 27.1. The highest BCUT2D eigenvalue weighted by atomic mass is 32.2. The molecule has 0 amide bonds. The monoisotopic (exact) mass is 346 g/mol. The summed E-state index contributed by atoms with van der Waals surface area (Å²) >= 11 is 0. The number of hydrogen-bond donors (Lipinski definition) is 0. The lowest BCUT2D eigenvalue weighted by atomic mass is 10.0. The fourth-order valence-electron chi connectivity index (χ4n) is 2.76. The molecule has 2 aromatic rings. The van der Waals surface area contributed by atoms with Crippen LogP contribution in [0.4, 0.5) is 5.95 Å². The summed E-state index contributed by atoms with van der Waals surface area (Å²) in [5, 5.41) is 0. The highest BCUT2D eigenvalue weighted by molar-refractivity contribution is 7.89. The standard InChI is InChI=1S/C17H22N4O2S/c1-14(2)15-4-6-16(7-5-15)24(22,23)21-12-10-20(11-13-21)17-18-8-3-9-19-17/h3-9,14H,10-13H2,1-2H3. The lowest BCUT2D eigenvalue weighted by Gasteiger charge is -2.33. The van der Waals surface area contributed by atoms with Crippen LogP contribution in [0.25, 0.3) is 0 Å². The van der Waals surface area contributed by atoms with Gasteiger partial charge < -0.3 is 4.90 Å². The van der Waals surface area contributed by atoms with E-state index in [4.69, 9.17) is 0 Å². The maximum absolute atomic E-state index is 12.8. The third kappa shape index (κ3) is 3.42. The second-order valence-corrected chi connectivity index (χ2v) is 8.10. The topological polar surface area (TPSA) is 66.4 Å². The molecule has 1 aromatic heterocycles. The first-order valence-electron chi connectivity index (χ1n) is 8.10. The fourth-order valence-corrected chi connectivity index (χ4v) is 4.18. The van der Waals surface area contributed by atoms with E-state index in [-0.39, 0.29) is 0 Å². The normalized spacial score (nSPS) is 16.5. The zero-order chi connectivity index (χ0) is 17.2. The van der Waals surface area contributed by atoms with Crippen LogP contribution in [0.15, 0.2) is 47.6 Å². The van der Waals surface area contributed by atoms with Crippen molar-refractivity contribution in [2.24, 2.45) is 0 Å². The molecule has 0 atom stereocenters. The molecular formula is C17H22N4O2S. The van der Waals surface area contributed by atoms with Gasteiger partial charge in [-0.1, -0.05) is 26.0 Å². The average Bonchev–Trinajstić information content (AvgIpc) is 2.62. The van der Waals surface area contributed by atoms with Gasteiger partial charge in [0.05, 0.1) is 4.90 Å². The van der Waals surface area contributed by atoms with Crippen molar-refractivity contribution in [2.45, 2.75) is 24.7 Å². The summed E-state index contributed by atoms with van der Waals surface area (Å²) in [6.45, 7) is 6.24. The number of sulfonamides is 1. The SMILES string of the molecule is CC(C)c1ccc(S(=O)(=O)N2CCN(c3ncccn3)CC2)cc1. The summed E-state index contributed by atoms with van der Waals surface area (Å²) in [5.41, 5.74) is 1.14. The van der Waals surface area contributed by atoms with E-state index in [1.54, 1.807) is 30.6 Å². The lowest BCUT2D eigenvalue weighted by Crippen LogP contribution is -2.49. The van der Waals surface area contributed by atoms with E-state index >= 15 is 0 Å². The van der Waals surface area contributed by atoms with E-state index in [9.17, 15) is 8.42 Å². The lowest BCUT2D eigenvalue weighted by molar-refractivity contribution is 0.382. The summed E-state index contributed by atoms with van der Waals surface area (Å²) in [7, 11) is -3.44. The number of piperazine rings is 1. The van der Waals surface area contributed by atoms with Crippen LogP contribution in [-0.2, 0) is 10.0 Å². The number of nitrogens with zero attached hydrogens (tertiary/aromatic N) is 4. The molecule has 1 fully saturated rings. The van der Waals surface area contributed by atoms with Crippen LogP contribution >= 0.6 is 0 Å². The molecule has 2 heterocycles. The molecule has 0 radical (unpaired) electrons. The molecule has 0 N–H and O–H groups in total. The molecule has 0 bridgehead atoms. The summed E-state index contributed by atoms with van der Waals surface area (Å²) in [4.78, 5) is 10.8. The number of hydrogen-bond acceptors (Lipinski definition) is 5. The Balaban J connectivity index is 1.70. The minimum Gasteiger partial charge on any atom is -0.338 e. The summed E-state index contributed by atoms with van der Waals surface area (Å²) in [6.07, 6.45) is 3.39. The predicted octanol–water partition coefficient (Wildman–Crippen LogP) is 2.11.